The van der Waals surface area contributed by atoms with Crippen molar-refractivity contribution in [3.05, 3.63) is 59.2 Å². The summed E-state index contributed by atoms with van der Waals surface area (Å²) in [5, 5.41) is 2.57. The number of nitrogens with zero attached hydrogens (tertiary/aromatic N) is 1. The minimum Gasteiger partial charge on any atom is -0.477 e. The number of fused-ring (bicyclic) bond motifs is 2. The number of carbonyl (C=O) groups is 3. The zero-order chi connectivity index (χ0) is 21.1. The summed E-state index contributed by atoms with van der Waals surface area (Å²) in [6.45, 7) is 0.128. The Bertz CT molecular complexity index is 985. The SMILES string of the molecule is CNC(=O)[C@@H]1CN(C(=O)CCC(=O)c2ccc3c(c2)CCCC3)c2ccccc2O1. The Morgan fingerprint density at radius 3 is 2.60 bits per heavy atom. The van der Waals surface area contributed by atoms with Crippen molar-refractivity contribution in [3.63, 3.8) is 0 Å². The number of hydrogen-bond donors (Lipinski definition) is 1. The lowest BCUT2D eigenvalue weighted by Crippen LogP contribution is -2.50. The molecule has 1 N–H and O–H groups in total. The van der Waals surface area contributed by atoms with Crippen LogP contribution in [-0.2, 0) is 22.4 Å². The lowest BCUT2D eigenvalue weighted by atomic mass is 9.89. The van der Waals surface area contributed by atoms with E-state index in [4.69, 9.17) is 4.74 Å². The molecule has 1 aliphatic heterocycles. The van der Waals surface area contributed by atoms with Gasteiger partial charge in [0.2, 0.25) is 5.91 Å². The van der Waals surface area contributed by atoms with Crippen LogP contribution in [0.4, 0.5) is 5.69 Å². The van der Waals surface area contributed by atoms with Crippen molar-refractivity contribution in [2.75, 3.05) is 18.5 Å². The molecule has 2 aliphatic rings. The zero-order valence-corrected chi connectivity index (χ0v) is 17.1. The van der Waals surface area contributed by atoms with E-state index in [-0.39, 0.29) is 37.0 Å². The van der Waals surface area contributed by atoms with Gasteiger partial charge in [-0.2, -0.15) is 0 Å². The van der Waals surface area contributed by atoms with Gasteiger partial charge in [-0.1, -0.05) is 24.3 Å². The highest BCUT2D eigenvalue weighted by molar-refractivity contribution is 6.02. The van der Waals surface area contributed by atoms with E-state index in [0.29, 0.717) is 17.0 Å². The second-order valence-electron chi connectivity index (χ2n) is 7.81. The molecular formula is C24H26N2O4. The largest absolute Gasteiger partial charge is 0.477 e. The Kier molecular flexibility index (Phi) is 5.84. The van der Waals surface area contributed by atoms with Crippen molar-refractivity contribution in [2.45, 2.75) is 44.6 Å². The number of Topliss-reactive ketones (excluding diaryl/α,β-unsaturated/α-hetero) is 1. The Hall–Kier alpha value is -3.15. The lowest BCUT2D eigenvalue weighted by molar-refractivity contribution is -0.127. The fourth-order valence-electron chi connectivity index (χ4n) is 4.17. The molecular weight excluding hydrogens is 380 g/mol. The molecule has 2 amide bonds. The number of amides is 2. The molecule has 0 saturated carbocycles. The highest BCUT2D eigenvalue weighted by atomic mass is 16.5. The number of benzene rings is 2. The normalized spacial score (nSPS) is 17.4. The number of ketones is 1. The molecule has 1 atom stereocenters. The van der Waals surface area contributed by atoms with Crippen LogP contribution in [-0.4, -0.2) is 37.3 Å². The molecule has 1 aliphatic carbocycles. The van der Waals surface area contributed by atoms with E-state index in [1.54, 1.807) is 23.1 Å². The third-order valence-electron chi connectivity index (χ3n) is 5.85. The number of anilines is 1. The van der Waals surface area contributed by atoms with E-state index in [1.165, 1.54) is 24.6 Å². The lowest BCUT2D eigenvalue weighted by Gasteiger charge is -2.34. The number of nitrogens with one attached hydrogen (secondary N) is 1. The number of ether oxygens (including phenoxy) is 1. The second-order valence-corrected chi connectivity index (χ2v) is 7.81. The van der Waals surface area contributed by atoms with Crippen LogP contribution in [0.2, 0.25) is 0 Å². The van der Waals surface area contributed by atoms with Crippen LogP contribution < -0.4 is 15.0 Å². The van der Waals surface area contributed by atoms with Crippen molar-refractivity contribution in [3.8, 4) is 5.75 Å². The Labute approximate surface area is 176 Å². The number of aryl methyl sites for hydroxylation is 2. The first-order chi connectivity index (χ1) is 14.6. The minimum absolute atomic E-state index is 0.0267. The van der Waals surface area contributed by atoms with E-state index in [9.17, 15) is 14.4 Å². The van der Waals surface area contributed by atoms with Gasteiger partial charge in [0.05, 0.1) is 12.2 Å². The molecule has 0 aromatic heterocycles. The quantitative estimate of drug-likeness (QED) is 0.775. The smallest absolute Gasteiger partial charge is 0.262 e. The summed E-state index contributed by atoms with van der Waals surface area (Å²) < 4.78 is 5.74. The summed E-state index contributed by atoms with van der Waals surface area (Å²) in [6, 6.07) is 13.1. The molecule has 0 spiro atoms. The van der Waals surface area contributed by atoms with Gasteiger partial charge in [0.25, 0.3) is 5.91 Å². The topological polar surface area (TPSA) is 75.7 Å². The van der Waals surface area contributed by atoms with Crippen molar-refractivity contribution in [1.82, 2.24) is 5.32 Å². The van der Waals surface area contributed by atoms with Gasteiger partial charge in [0.15, 0.2) is 11.9 Å². The summed E-state index contributed by atoms with van der Waals surface area (Å²) in [4.78, 5) is 39.3. The number of carbonyl (C=O) groups excluding carboxylic acids is 3. The first kappa shape index (κ1) is 20.1. The van der Waals surface area contributed by atoms with Crippen LogP contribution in [0.5, 0.6) is 5.75 Å². The number of para-hydroxylation sites is 2. The maximum Gasteiger partial charge on any atom is 0.262 e. The Morgan fingerprint density at radius 2 is 1.80 bits per heavy atom. The molecule has 0 bridgehead atoms. The van der Waals surface area contributed by atoms with Crippen LogP contribution in [0, 0.1) is 0 Å². The molecule has 6 heteroatoms. The molecule has 6 nitrogen and oxygen atoms in total. The number of rotatable bonds is 5. The van der Waals surface area contributed by atoms with Crippen LogP contribution >= 0.6 is 0 Å². The summed E-state index contributed by atoms with van der Waals surface area (Å²) >= 11 is 0. The highest BCUT2D eigenvalue weighted by Crippen LogP contribution is 2.33. The molecule has 4 rings (SSSR count). The third kappa shape index (κ3) is 4.08. The van der Waals surface area contributed by atoms with Gasteiger partial charge in [-0.05, 0) is 55.0 Å². The molecule has 0 unspecified atom stereocenters. The monoisotopic (exact) mass is 406 g/mol. The molecule has 1 heterocycles. The first-order valence-corrected chi connectivity index (χ1v) is 10.5. The van der Waals surface area contributed by atoms with Crippen LogP contribution in [0.25, 0.3) is 0 Å². The fraction of sp³-hybridized carbons (Fsp3) is 0.375. The predicted molar refractivity (Wildman–Crippen MR) is 114 cm³/mol. The molecule has 0 radical (unpaired) electrons. The summed E-state index contributed by atoms with van der Waals surface area (Å²) in [6.07, 6.45) is 3.91. The third-order valence-corrected chi connectivity index (χ3v) is 5.85. The summed E-state index contributed by atoms with van der Waals surface area (Å²) in [5.74, 6) is -0.00812. The van der Waals surface area contributed by atoms with Crippen LogP contribution in [0.15, 0.2) is 42.5 Å². The zero-order valence-electron chi connectivity index (χ0n) is 17.1. The highest BCUT2D eigenvalue weighted by Gasteiger charge is 2.33. The Balaban J connectivity index is 1.45. The van der Waals surface area contributed by atoms with E-state index in [2.05, 4.69) is 11.4 Å². The minimum atomic E-state index is -0.773. The van der Waals surface area contributed by atoms with Crippen molar-refractivity contribution in [1.29, 1.82) is 0 Å². The van der Waals surface area contributed by atoms with Gasteiger partial charge < -0.3 is 15.0 Å². The van der Waals surface area contributed by atoms with E-state index < -0.39 is 6.10 Å². The first-order valence-electron chi connectivity index (χ1n) is 10.5. The maximum atomic E-state index is 13.0. The average Bonchev–Trinajstić information content (AvgIpc) is 2.80. The average molecular weight is 406 g/mol. The molecule has 2 aromatic carbocycles. The van der Waals surface area contributed by atoms with Gasteiger partial charge in [-0.25, -0.2) is 0 Å². The molecule has 2 aromatic rings. The van der Waals surface area contributed by atoms with Crippen molar-refractivity contribution in [2.24, 2.45) is 0 Å². The van der Waals surface area contributed by atoms with Crippen molar-refractivity contribution >= 4 is 23.3 Å². The molecule has 0 saturated heterocycles. The van der Waals surface area contributed by atoms with E-state index in [0.717, 1.165) is 19.3 Å². The van der Waals surface area contributed by atoms with Crippen molar-refractivity contribution < 1.29 is 19.1 Å². The number of hydrogen-bond acceptors (Lipinski definition) is 4. The van der Waals surface area contributed by atoms with Crippen LogP contribution in [0.3, 0.4) is 0 Å². The van der Waals surface area contributed by atoms with Gasteiger partial charge in [0, 0.05) is 25.5 Å². The second kappa shape index (κ2) is 8.69. The van der Waals surface area contributed by atoms with Gasteiger partial charge >= 0.3 is 0 Å². The van der Waals surface area contributed by atoms with Crippen LogP contribution in [0.1, 0.15) is 47.2 Å². The van der Waals surface area contributed by atoms with Gasteiger partial charge in [0.1, 0.15) is 5.75 Å². The summed E-state index contributed by atoms with van der Waals surface area (Å²) in [5.41, 5.74) is 3.89. The van der Waals surface area contributed by atoms with E-state index >= 15 is 0 Å². The maximum absolute atomic E-state index is 13.0. The van der Waals surface area contributed by atoms with Gasteiger partial charge in [-0.15, -0.1) is 0 Å². The molecule has 156 valence electrons. The number of likely N-dealkylation sites (N-methyl/N-ethyl adjacent to an activating group) is 1. The predicted octanol–water partition coefficient (Wildman–Crippen LogP) is 3.07. The fourth-order valence-corrected chi connectivity index (χ4v) is 4.17. The Morgan fingerprint density at radius 1 is 1.03 bits per heavy atom. The molecule has 30 heavy (non-hydrogen) atoms. The molecule has 0 fully saturated rings. The summed E-state index contributed by atoms with van der Waals surface area (Å²) in [7, 11) is 1.54. The standard InChI is InChI=1S/C24H26N2O4/c1-25-24(29)22-15-26(19-8-4-5-9-21(19)30-22)23(28)13-12-20(27)18-11-10-16-6-2-3-7-17(16)14-18/h4-5,8-11,14,22H,2-3,6-7,12-13,15H2,1H3,(H,25,29)/t22-/m0/s1. The van der Waals surface area contributed by atoms with E-state index in [1.807, 2.05) is 18.2 Å². The van der Waals surface area contributed by atoms with Gasteiger partial charge in [-0.3, -0.25) is 14.4 Å².